The molecule has 150 valence electrons. The maximum atomic E-state index is 12.5. The first-order chi connectivity index (χ1) is 13.7. The molecule has 3 aromatic rings. The first-order valence-electron chi connectivity index (χ1n) is 8.72. The van der Waals surface area contributed by atoms with Crippen molar-refractivity contribution < 1.29 is 17.6 Å². The molecule has 3 rings (SSSR count). The van der Waals surface area contributed by atoms with Crippen molar-refractivity contribution in [2.45, 2.75) is 25.7 Å². The van der Waals surface area contributed by atoms with E-state index in [1.165, 1.54) is 30.3 Å². The molecule has 9 heteroatoms. The summed E-state index contributed by atoms with van der Waals surface area (Å²) in [4.78, 5) is 20.2. The number of aromatic nitrogens is 2. The maximum Gasteiger partial charge on any atom is 0.264 e. The second-order valence-electron chi connectivity index (χ2n) is 6.38. The Morgan fingerprint density at radius 3 is 2.24 bits per heavy atom. The van der Waals surface area contributed by atoms with Crippen molar-refractivity contribution in [3.05, 3.63) is 71.4 Å². The van der Waals surface area contributed by atoms with Crippen LogP contribution in [0.15, 0.2) is 57.9 Å². The van der Waals surface area contributed by atoms with E-state index in [2.05, 4.69) is 20.0 Å². The molecule has 0 bridgehead atoms. The number of nitrogens with one attached hydrogen (secondary N) is 2. The highest BCUT2D eigenvalue weighted by atomic mass is 32.2. The highest BCUT2D eigenvalue weighted by Gasteiger charge is 2.16. The lowest BCUT2D eigenvalue weighted by Crippen LogP contribution is -2.16. The van der Waals surface area contributed by atoms with E-state index in [1.54, 1.807) is 38.1 Å². The van der Waals surface area contributed by atoms with Crippen molar-refractivity contribution in [3.63, 3.8) is 0 Å². The molecular weight excluding hydrogens is 392 g/mol. The molecule has 29 heavy (non-hydrogen) atoms. The minimum Gasteiger partial charge on any atom is -0.462 e. The second-order valence-corrected chi connectivity index (χ2v) is 8.06. The van der Waals surface area contributed by atoms with Crippen LogP contribution in [0.5, 0.6) is 0 Å². The van der Waals surface area contributed by atoms with E-state index in [0.29, 0.717) is 22.8 Å². The summed E-state index contributed by atoms with van der Waals surface area (Å²) in [6.45, 7) is 5.32. The van der Waals surface area contributed by atoms with Gasteiger partial charge in [0, 0.05) is 23.2 Å². The highest BCUT2D eigenvalue weighted by Crippen LogP contribution is 2.17. The number of aryl methyl sites for hydroxylation is 3. The average Bonchev–Trinajstić information content (AvgIpc) is 3.04. The number of amides is 1. The van der Waals surface area contributed by atoms with Crippen LogP contribution in [-0.2, 0) is 14.8 Å². The number of hydrogen-bond acceptors (Lipinski definition) is 6. The van der Waals surface area contributed by atoms with Crippen LogP contribution >= 0.6 is 0 Å². The minimum atomic E-state index is -3.85. The van der Waals surface area contributed by atoms with E-state index < -0.39 is 10.0 Å². The predicted molar refractivity (Wildman–Crippen MR) is 110 cm³/mol. The van der Waals surface area contributed by atoms with Crippen molar-refractivity contribution in [2.75, 3.05) is 10.0 Å². The monoisotopic (exact) mass is 412 g/mol. The summed E-state index contributed by atoms with van der Waals surface area (Å²) in [5, 5.41) is 2.65. The normalized spacial score (nSPS) is 11.6. The van der Waals surface area contributed by atoms with Crippen LogP contribution in [0.4, 0.5) is 11.6 Å². The van der Waals surface area contributed by atoms with E-state index in [1.807, 2.05) is 6.92 Å². The van der Waals surface area contributed by atoms with E-state index in [4.69, 9.17) is 4.42 Å². The fourth-order valence-electron chi connectivity index (χ4n) is 2.55. The summed E-state index contributed by atoms with van der Waals surface area (Å²) in [6, 6.07) is 11.1. The first kappa shape index (κ1) is 20.3. The molecule has 8 nitrogen and oxygen atoms in total. The van der Waals surface area contributed by atoms with Crippen molar-refractivity contribution >= 4 is 33.6 Å². The van der Waals surface area contributed by atoms with Gasteiger partial charge in [-0.2, -0.15) is 0 Å². The van der Waals surface area contributed by atoms with Gasteiger partial charge in [-0.25, -0.2) is 23.1 Å². The summed E-state index contributed by atoms with van der Waals surface area (Å²) >= 11 is 0. The molecule has 0 atom stereocenters. The summed E-state index contributed by atoms with van der Waals surface area (Å²) < 4.78 is 32.7. The van der Waals surface area contributed by atoms with Gasteiger partial charge in [-0.05, 0) is 69.3 Å². The van der Waals surface area contributed by atoms with Gasteiger partial charge in [0.1, 0.15) is 11.5 Å². The Hall–Kier alpha value is -3.46. The van der Waals surface area contributed by atoms with Crippen molar-refractivity contribution in [1.82, 2.24) is 9.97 Å². The second kappa shape index (κ2) is 8.27. The zero-order valence-electron chi connectivity index (χ0n) is 16.1. The molecule has 2 aromatic heterocycles. The van der Waals surface area contributed by atoms with Crippen LogP contribution in [0, 0.1) is 20.8 Å². The Morgan fingerprint density at radius 1 is 1.00 bits per heavy atom. The summed E-state index contributed by atoms with van der Waals surface area (Å²) in [7, 11) is -3.85. The standard InChI is InChI=1S/C20H20N4O4S/c1-13-12-14(2)22-20(21-13)24-29(26,27)18-9-5-16(6-10-18)23-19(25)11-8-17-7-4-15(3)28-17/h4-12H,1-3H3,(H,23,25)(H,21,22,24). The molecule has 0 fully saturated rings. The van der Waals surface area contributed by atoms with Crippen LogP contribution in [0.3, 0.4) is 0 Å². The Bertz CT molecular complexity index is 1150. The smallest absolute Gasteiger partial charge is 0.264 e. The molecule has 1 amide bonds. The third kappa shape index (κ3) is 5.52. The number of rotatable bonds is 6. The summed E-state index contributed by atoms with van der Waals surface area (Å²) in [5.74, 6) is 0.968. The highest BCUT2D eigenvalue weighted by molar-refractivity contribution is 7.92. The van der Waals surface area contributed by atoms with E-state index in [9.17, 15) is 13.2 Å². The van der Waals surface area contributed by atoms with Gasteiger partial charge in [-0.1, -0.05) is 0 Å². The number of furan rings is 1. The number of carbonyl (C=O) groups is 1. The predicted octanol–water partition coefficient (Wildman–Crippen LogP) is 3.45. The Balaban J connectivity index is 1.67. The molecule has 0 aliphatic carbocycles. The summed E-state index contributed by atoms with van der Waals surface area (Å²) in [5.41, 5.74) is 1.77. The van der Waals surface area contributed by atoms with E-state index in [-0.39, 0.29) is 16.8 Å². The molecule has 1 aromatic carbocycles. The minimum absolute atomic E-state index is 0.0122. The Labute approximate surface area is 168 Å². The number of benzene rings is 1. The van der Waals surface area contributed by atoms with Gasteiger partial charge in [0.05, 0.1) is 4.90 Å². The number of carbonyl (C=O) groups excluding carboxylic acids is 1. The average molecular weight is 412 g/mol. The molecule has 2 heterocycles. The van der Waals surface area contributed by atoms with Crippen molar-refractivity contribution in [3.8, 4) is 0 Å². The third-order valence-electron chi connectivity index (χ3n) is 3.80. The SMILES string of the molecule is Cc1cc(C)nc(NS(=O)(=O)c2ccc(NC(=O)C=Cc3ccc(C)o3)cc2)n1. The Kier molecular flexibility index (Phi) is 5.79. The topological polar surface area (TPSA) is 114 Å². The van der Waals surface area contributed by atoms with Gasteiger partial charge >= 0.3 is 0 Å². The van der Waals surface area contributed by atoms with Crippen LogP contribution < -0.4 is 10.0 Å². The molecule has 0 saturated carbocycles. The molecule has 0 aliphatic heterocycles. The number of sulfonamides is 1. The first-order valence-corrected chi connectivity index (χ1v) is 10.2. The molecule has 0 spiro atoms. The molecule has 0 unspecified atom stereocenters. The fourth-order valence-corrected chi connectivity index (χ4v) is 3.50. The lowest BCUT2D eigenvalue weighted by atomic mass is 10.3. The largest absolute Gasteiger partial charge is 0.462 e. The van der Waals surface area contributed by atoms with Crippen LogP contribution in [0.25, 0.3) is 6.08 Å². The quantitative estimate of drug-likeness (QED) is 0.600. The van der Waals surface area contributed by atoms with Gasteiger partial charge < -0.3 is 9.73 Å². The van der Waals surface area contributed by atoms with Gasteiger partial charge in [-0.3, -0.25) is 4.79 Å². The van der Waals surface area contributed by atoms with Gasteiger partial charge in [0.15, 0.2) is 0 Å². The third-order valence-corrected chi connectivity index (χ3v) is 5.14. The Morgan fingerprint density at radius 2 is 1.66 bits per heavy atom. The van der Waals surface area contributed by atoms with Gasteiger partial charge in [0.2, 0.25) is 11.9 Å². The number of hydrogen-bond donors (Lipinski definition) is 2. The fraction of sp³-hybridized carbons (Fsp3) is 0.150. The molecule has 0 aliphatic rings. The summed E-state index contributed by atoms with van der Waals surface area (Å²) in [6.07, 6.45) is 2.89. The van der Waals surface area contributed by atoms with Gasteiger partial charge in [0.25, 0.3) is 10.0 Å². The van der Waals surface area contributed by atoms with Crippen LogP contribution in [-0.4, -0.2) is 24.3 Å². The lowest BCUT2D eigenvalue weighted by Gasteiger charge is -2.09. The van der Waals surface area contributed by atoms with Gasteiger partial charge in [-0.15, -0.1) is 0 Å². The molecule has 0 saturated heterocycles. The van der Waals surface area contributed by atoms with Crippen LogP contribution in [0.2, 0.25) is 0 Å². The van der Waals surface area contributed by atoms with E-state index in [0.717, 1.165) is 5.76 Å². The number of nitrogens with zero attached hydrogens (tertiary/aromatic N) is 2. The zero-order valence-corrected chi connectivity index (χ0v) is 16.9. The molecular formula is C20H20N4O4S. The maximum absolute atomic E-state index is 12.5. The number of anilines is 2. The lowest BCUT2D eigenvalue weighted by molar-refractivity contribution is -0.111. The van der Waals surface area contributed by atoms with Crippen molar-refractivity contribution in [2.24, 2.45) is 0 Å². The van der Waals surface area contributed by atoms with Crippen molar-refractivity contribution in [1.29, 1.82) is 0 Å². The van der Waals surface area contributed by atoms with E-state index >= 15 is 0 Å². The van der Waals surface area contributed by atoms with Crippen LogP contribution in [0.1, 0.15) is 22.9 Å². The molecule has 2 N–H and O–H groups in total. The molecule has 0 radical (unpaired) electrons. The zero-order chi connectivity index (χ0) is 21.0.